The lowest BCUT2D eigenvalue weighted by atomic mass is 9.84. The molecule has 1 aromatic heterocycles. The van der Waals surface area contributed by atoms with Crippen LogP contribution in [0.5, 0.6) is 0 Å². The summed E-state index contributed by atoms with van der Waals surface area (Å²) in [5.41, 5.74) is 1.86. The summed E-state index contributed by atoms with van der Waals surface area (Å²) in [7, 11) is 0. The normalized spacial score (nSPS) is 18.2. The van der Waals surface area contributed by atoms with Crippen molar-refractivity contribution in [3.63, 3.8) is 0 Å². The lowest BCUT2D eigenvalue weighted by molar-refractivity contribution is -0.308. The third-order valence-corrected chi connectivity index (χ3v) is 7.59. The van der Waals surface area contributed by atoms with E-state index >= 15 is 0 Å². The molecule has 2 saturated heterocycles. The number of carboxylic acids is 1. The van der Waals surface area contributed by atoms with Gasteiger partial charge in [-0.05, 0) is 58.2 Å². The summed E-state index contributed by atoms with van der Waals surface area (Å²) in [4.78, 5) is 26.9. The number of carbonyl (C=O) groups excluding carboxylic acids is 1. The van der Waals surface area contributed by atoms with Crippen LogP contribution in [0.2, 0.25) is 0 Å². The van der Waals surface area contributed by atoms with Crippen molar-refractivity contribution in [3.05, 3.63) is 41.6 Å². The highest BCUT2D eigenvalue weighted by Gasteiger charge is 2.60. The molecule has 0 radical (unpaired) electrons. The number of halogens is 6. The Morgan fingerprint density at radius 1 is 1.05 bits per heavy atom. The fourth-order valence-corrected chi connectivity index (χ4v) is 5.47. The molecule has 2 fully saturated rings. The van der Waals surface area contributed by atoms with E-state index in [0.717, 1.165) is 23.3 Å². The Labute approximate surface area is 226 Å². The maximum atomic E-state index is 12.9. The number of aromatic carboxylic acids is 1. The van der Waals surface area contributed by atoms with Gasteiger partial charge < -0.3 is 14.7 Å². The van der Waals surface area contributed by atoms with Crippen LogP contribution in [0.15, 0.2) is 30.5 Å². The molecule has 0 saturated carbocycles. The van der Waals surface area contributed by atoms with Crippen LogP contribution in [0.1, 0.15) is 61.5 Å². The number of alkyl halides is 6. The van der Waals surface area contributed by atoms with E-state index in [0.29, 0.717) is 37.2 Å². The average Bonchev–Trinajstić information content (AvgIpc) is 3.46. The van der Waals surface area contributed by atoms with E-state index in [2.05, 4.69) is 9.64 Å². The van der Waals surface area contributed by atoms with Crippen molar-refractivity contribution < 1.29 is 45.8 Å². The van der Waals surface area contributed by atoms with Crippen molar-refractivity contribution in [2.24, 2.45) is 0 Å². The SMILES string of the molecule is CC(C)n1cc(CN2CCCC23CCN(C(=O)OC(C(F)(F)F)C(F)(F)F)CC3)c(-c2cccc(C(=O)O)c2)n1. The Morgan fingerprint density at radius 3 is 2.27 bits per heavy atom. The Kier molecular flexibility index (Phi) is 8.12. The number of hydrogen-bond acceptors (Lipinski definition) is 5. The van der Waals surface area contributed by atoms with Crippen LogP contribution >= 0.6 is 0 Å². The van der Waals surface area contributed by atoms with Crippen molar-refractivity contribution >= 4 is 12.1 Å². The third kappa shape index (κ3) is 6.21. The maximum absolute atomic E-state index is 12.9. The highest BCUT2D eigenvalue weighted by atomic mass is 19.4. The molecule has 1 aromatic carbocycles. The van der Waals surface area contributed by atoms with Gasteiger partial charge in [0.25, 0.3) is 6.10 Å². The van der Waals surface area contributed by atoms with Crippen LogP contribution < -0.4 is 0 Å². The van der Waals surface area contributed by atoms with Gasteiger partial charge in [0.15, 0.2) is 0 Å². The summed E-state index contributed by atoms with van der Waals surface area (Å²) in [6.07, 6.45) is -13.2. The first kappa shape index (κ1) is 29.7. The highest BCUT2D eigenvalue weighted by Crippen LogP contribution is 2.41. The molecule has 8 nitrogen and oxygen atoms in total. The third-order valence-electron chi connectivity index (χ3n) is 7.59. The van der Waals surface area contributed by atoms with Gasteiger partial charge in [-0.15, -0.1) is 0 Å². The summed E-state index contributed by atoms with van der Waals surface area (Å²) < 4.78 is 82.8. The van der Waals surface area contributed by atoms with Gasteiger partial charge in [-0.1, -0.05) is 12.1 Å². The van der Waals surface area contributed by atoms with E-state index < -0.39 is 36.1 Å². The number of ether oxygens (including phenoxy) is 1. The molecule has 0 aliphatic carbocycles. The van der Waals surface area contributed by atoms with Crippen molar-refractivity contribution in [2.45, 2.75) is 76.1 Å². The molecular weight excluding hydrogens is 546 g/mol. The topological polar surface area (TPSA) is 87.9 Å². The fourth-order valence-electron chi connectivity index (χ4n) is 5.47. The van der Waals surface area contributed by atoms with Crippen LogP contribution in [-0.2, 0) is 11.3 Å². The number of carbonyl (C=O) groups is 2. The first-order chi connectivity index (χ1) is 18.6. The average molecular weight is 577 g/mol. The number of nitrogens with zero attached hydrogens (tertiary/aromatic N) is 4. The van der Waals surface area contributed by atoms with Crippen LogP contribution in [0, 0.1) is 0 Å². The standard InChI is InChI=1S/C26H30F6N4O4/c1-16(2)36-15-19(20(33-36)17-5-3-6-18(13-17)21(37)38)14-35-10-4-7-24(35)8-11-34(12-9-24)23(39)40-22(25(27,28)29)26(30,31)32/h3,5-6,13,15-16,22H,4,7-12,14H2,1-2H3,(H,37,38). The minimum Gasteiger partial charge on any atom is -0.478 e. The fraction of sp³-hybridized carbons (Fsp3) is 0.577. The molecule has 1 amide bonds. The summed E-state index contributed by atoms with van der Waals surface area (Å²) in [5.74, 6) is -1.06. The quantitative estimate of drug-likeness (QED) is 0.432. The van der Waals surface area contributed by atoms with Crippen molar-refractivity contribution in [2.75, 3.05) is 19.6 Å². The van der Waals surface area contributed by atoms with E-state index in [1.165, 1.54) is 6.07 Å². The van der Waals surface area contributed by atoms with E-state index in [1.54, 1.807) is 22.9 Å². The second-order valence-electron chi connectivity index (χ2n) is 10.5. The van der Waals surface area contributed by atoms with E-state index in [9.17, 15) is 41.0 Å². The molecule has 220 valence electrons. The monoisotopic (exact) mass is 576 g/mol. The minimum absolute atomic E-state index is 0.0363. The van der Waals surface area contributed by atoms with E-state index in [-0.39, 0.29) is 24.7 Å². The van der Waals surface area contributed by atoms with Gasteiger partial charge in [-0.2, -0.15) is 31.4 Å². The lowest BCUT2D eigenvalue weighted by Crippen LogP contribution is -2.54. The molecular formula is C26H30F6N4O4. The number of amides is 1. The number of rotatable bonds is 6. The highest BCUT2D eigenvalue weighted by molar-refractivity contribution is 5.89. The van der Waals surface area contributed by atoms with Gasteiger partial charge in [0.1, 0.15) is 0 Å². The van der Waals surface area contributed by atoms with Gasteiger partial charge in [0.05, 0.1) is 11.3 Å². The smallest absolute Gasteiger partial charge is 0.434 e. The van der Waals surface area contributed by atoms with Gasteiger partial charge in [-0.3, -0.25) is 9.58 Å². The molecule has 1 N–H and O–H groups in total. The number of hydrogen-bond donors (Lipinski definition) is 1. The minimum atomic E-state index is -5.77. The van der Waals surface area contributed by atoms with Crippen LogP contribution in [0.25, 0.3) is 11.3 Å². The van der Waals surface area contributed by atoms with Crippen LogP contribution in [-0.4, -0.2) is 80.4 Å². The summed E-state index contributed by atoms with van der Waals surface area (Å²) >= 11 is 0. The number of aromatic nitrogens is 2. The van der Waals surface area contributed by atoms with Crippen LogP contribution in [0.4, 0.5) is 31.1 Å². The Hall–Kier alpha value is -3.29. The molecule has 0 bridgehead atoms. The van der Waals surface area contributed by atoms with Crippen molar-refractivity contribution in [3.8, 4) is 11.3 Å². The summed E-state index contributed by atoms with van der Waals surface area (Å²) in [5, 5.41) is 14.1. The lowest BCUT2D eigenvalue weighted by Gasteiger charge is -2.45. The second-order valence-corrected chi connectivity index (χ2v) is 10.5. The largest absolute Gasteiger partial charge is 0.478 e. The predicted molar refractivity (Wildman–Crippen MR) is 131 cm³/mol. The molecule has 2 aliphatic rings. The molecule has 2 aromatic rings. The van der Waals surface area contributed by atoms with Gasteiger partial charge in [-0.25, -0.2) is 9.59 Å². The number of benzene rings is 1. The maximum Gasteiger partial charge on any atom is 0.434 e. The Bertz CT molecular complexity index is 1220. The molecule has 2 aliphatic heterocycles. The van der Waals surface area contributed by atoms with Gasteiger partial charge >= 0.3 is 24.4 Å². The van der Waals surface area contributed by atoms with Crippen molar-refractivity contribution in [1.82, 2.24) is 19.6 Å². The number of carboxylic acid groups (broad SMARTS) is 1. The van der Waals surface area contributed by atoms with Crippen molar-refractivity contribution in [1.29, 1.82) is 0 Å². The van der Waals surface area contributed by atoms with E-state index in [1.807, 2.05) is 20.0 Å². The summed E-state index contributed by atoms with van der Waals surface area (Å²) in [6.45, 7) is 4.99. The van der Waals surface area contributed by atoms with Gasteiger partial charge in [0, 0.05) is 48.5 Å². The summed E-state index contributed by atoms with van der Waals surface area (Å²) in [6, 6.07) is 6.50. The molecule has 1 spiro atoms. The number of likely N-dealkylation sites (tertiary alicyclic amines) is 2. The second kappa shape index (κ2) is 10.9. The Balaban J connectivity index is 1.50. The number of piperidine rings is 1. The molecule has 0 atom stereocenters. The predicted octanol–water partition coefficient (Wildman–Crippen LogP) is 5.89. The molecule has 14 heteroatoms. The first-order valence-electron chi connectivity index (χ1n) is 12.9. The van der Waals surface area contributed by atoms with E-state index in [4.69, 9.17) is 5.10 Å². The first-order valence-corrected chi connectivity index (χ1v) is 12.9. The molecule has 40 heavy (non-hydrogen) atoms. The van der Waals surface area contributed by atoms with Crippen LogP contribution in [0.3, 0.4) is 0 Å². The zero-order valence-electron chi connectivity index (χ0n) is 21.9. The Morgan fingerprint density at radius 2 is 1.70 bits per heavy atom. The molecule has 3 heterocycles. The zero-order valence-corrected chi connectivity index (χ0v) is 21.9. The molecule has 0 unspecified atom stereocenters. The van der Waals surface area contributed by atoms with Gasteiger partial charge in [0.2, 0.25) is 0 Å². The molecule has 4 rings (SSSR count). The zero-order chi connectivity index (χ0) is 29.5.